The molecule has 4 rings (SSSR count). The first-order valence-electron chi connectivity index (χ1n) is 12.4. The molecule has 1 amide bonds. The van der Waals surface area contributed by atoms with Crippen molar-refractivity contribution in [3.63, 3.8) is 0 Å². The van der Waals surface area contributed by atoms with Gasteiger partial charge in [-0.25, -0.2) is 9.37 Å². The molecule has 3 N–H and O–H groups in total. The number of halogens is 2. The fourth-order valence-electron chi connectivity index (χ4n) is 4.85. The first-order chi connectivity index (χ1) is 16.9. The maximum absolute atomic E-state index is 13.7. The van der Waals surface area contributed by atoms with Crippen molar-refractivity contribution in [3.8, 4) is 11.6 Å². The standard InChI is InChI=1S/C27H35BrFN3O4/c1-16(33)32-22(11-17-6-7-21(29)20(28)10-17)24(34)15-30-23-13-27(8-5-9-27)36-25-19(23)12-18(14-31-25)35-26(2,3)4/h6-7,10,12,14,22-24,30,34H,5,8-9,11,13,15H2,1-4H3,(H,32,33)/t22-,23-,24-/m0/s1. The first-order valence-corrected chi connectivity index (χ1v) is 13.2. The fourth-order valence-corrected chi connectivity index (χ4v) is 5.28. The Hall–Kier alpha value is -2.23. The molecule has 1 aromatic heterocycles. The SMILES string of the molecule is CC(=O)N[C@@H](Cc1ccc(F)c(Br)c1)[C@@H](O)CN[C@H]1CC2(CCC2)Oc2ncc(OC(C)(C)C)cc21. The molecular formula is C27H35BrFN3O4. The molecule has 1 saturated carbocycles. The average Bonchev–Trinajstić information content (AvgIpc) is 2.76. The largest absolute Gasteiger partial charge is 0.487 e. The Bertz CT molecular complexity index is 1100. The highest BCUT2D eigenvalue weighted by Crippen LogP contribution is 2.48. The van der Waals surface area contributed by atoms with Gasteiger partial charge in [0, 0.05) is 31.5 Å². The molecule has 1 spiro atoms. The van der Waals surface area contributed by atoms with E-state index in [4.69, 9.17) is 9.47 Å². The summed E-state index contributed by atoms with van der Waals surface area (Å²) in [6, 6.07) is 6.03. The Kier molecular flexibility index (Phi) is 7.92. The van der Waals surface area contributed by atoms with Gasteiger partial charge in [0.1, 0.15) is 22.8 Å². The molecule has 2 aliphatic rings. The van der Waals surface area contributed by atoms with Crippen LogP contribution in [-0.4, -0.2) is 45.9 Å². The number of ether oxygens (including phenoxy) is 2. The van der Waals surface area contributed by atoms with Crippen molar-refractivity contribution in [2.24, 2.45) is 0 Å². The molecule has 0 saturated heterocycles. The number of aliphatic hydroxyl groups excluding tert-OH is 1. The van der Waals surface area contributed by atoms with Crippen LogP contribution in [0.15, 0.2) is 34.9 Å². The van der Waals surface area contributed by atoms with Crippen molar-refractivity contribution in [3.05, 3.63) is 51.9 Å². The Morgan fingerprint density at radius 1 is 1.36 bits per heavy atom. The number of aromatic nitrogens is 1. The van der Waals surface area contributed by atoms with Crippen LogP contribution in [0.5, 0.6) is 11.6 Å². The highest BCUT2D eigenvalue weighted by molar-refractivity contribution is 9.10. The van der Waals surface area contributed by atoms with Gasteiger partial charge in [0.25, 0.3) is 0 Å². The minimum absolute atomic E-state index is 0.0855. The van der Waals surface area contributed by atoms with Crippen LogP contribution in [0.4, 0.5) is 4.39 Å². The van der Waals surface area contributed by atoms with E-state index in [1.807, 2.05) is 26.8 Å². The zero-order chi connectivity index (χ0) is 26.1. The van der Waals surface area contributed by atoms with Crippen molar-refractivity contribution in [1.29, 1.82) is 0 Å². The van der Waals surface area contributed by atoms with Gasteiger partial charge >= 0.3 is 0 Å². The van der Waals surface area contributed by atoms with Crippen molar-refractivity contribution in [2.75, 3.05) is 6.54 Å². The lowest BCUT2D eigenvalue weighted by molar-refractivity contribution is -0.120. The molecule has 1 aliphatic carbocycles. The molecule has 1 aliphatic heterocycles. The summed E-state index contributed by atoms with van der Waals surface area (Å²) in [5.41, 5.74) is 1.12. The topological polar surface area (TPSA) is 92.7 Å². The molecule has 2 aromatic rings. The number of rotatable bonds is 8. The Labute approximate surface area is 220 Å². The number of carbonyl (C=O) groups is 1. The number of nitrogens with one attached hydrogen (secondary N) is 2. The Morgan fingerprint density at radius 2 is 2.11 bits per heavy atom. The lowest BCUT2D eigenvalue weighted by Crippen LogP contribution is -2.52. The van der Waals surface area contributed by atoms with Crippen LogP contribution in [0.25, 0.3) is 0 Å². The highest BCUT2D eigenvalue weighted by atomic mass is 79.9. The van der Waals surface area contributed by atoms with Crippen molar-refractivity contribution < 1.29 is 23.8 Å². The Balaban J connectivity index is 1.50. The molecule has 2 heterocycles. The first kappa shape index (κ1) is 26.8. The van der Waals surface area contributed by atoms with E-state index in [2.05, 4.69) is 31.5 Å². The van der Waals surface area contributed by atoms with E-state index >= 15 is 0 Å². The fraction of sp³-hybridized carbons (Fsp3) is 0.556. The lowest BCUT2D eigenvalue weighted by atomic mass is 9.73. The minimum atomic E-state index is -0.872. The predicted molar refractivity (Wildman–Crippen MR) is 139 cm³/mol. The minimum Gasteiger partial charge on any atom is -0.487 e. The molecule has 1 fully saturated rings. The van der Waals surface area contributed by atoms with Crippen molar-refractivity contribution >= 4 is 21.8 Å². The van der Waals surface area contributed by atoms with Gasteiger partial charge < -0.3 is 25.2 Å². The van der Waals surface area contributed by atoms with E-state index in [1.54, 1.807) is 18.3 Å². The second-order valence-electron chi connectivity index (χ2n) is 10.9. The summed E-state index contributed by atoms with van der Waals surface area (Å²) in [4.78, 5) is 16.4. The van der Waals surface area contributed by atoms with Crippen LogP contribution < -0.4 is 20.1 Å². The number of pyridine rings is 1. The number of hydrogen-bond donors (Lipinski definition) is 3. The molecule has 0 unspecified atom stereocenters. The summed E-state index contributed by atoms with van der Waals surface area (Å²) < 4.78 is 26.4. The normalized spacial score (nSPS) is 20.0. The molecule has 36 heavy (non-hydrogen) atoms. The van der Waals surface area contributed by atoms with Crippen molar-refractivity contribution in [2.45, 2.75) is 89.2 Å². The average molecular weight is 564 g/mol. The molecule has 0 bridgehead atoms. The maximum Gasteiger partial charge on any atom is 0.218 e. The third-order valence-electron chi connectivity index (χ3n) is 6.67. The van der Waals surface area contributed by atoms with Crippen LogP contribution in [0.2, 0.25) is 0 Å². The molecule has 3 atom stereocenters. The molecule has 196 valence electrons. The number of nitrogens with zero attached hydrogens (tertiary/aromatic N) is 1. The number of hydrogen-bond acceptors (Lipinski definition) is 6. The number of fused-ring (bicyclic) bond motifs is 1. The van der Waals surface area contributed by atoms with E-state index in [0.29, 0.717) is 22.5 Å². The van der Waals surface area contributed by atoms with Crippen LogP contribution in [0, 0.1) is 5.82 Å². The van der Waals surface area contributed by atoms with Gasteiger partial charge in [-0.3, -0.25) is 4.79 Å². The molecule has 0 radical (unpaired) electrons. The molecule has 9 heteroatoms. The van der Waals surface area contributed by atoms with E-state index in [-0.39, 0.29) is 35.5 Å². The van der Waals surface area contributed by atoms with E-state index in [0.717, 1.165) is 36.8 Å². The van der Waals surface area contributed by atoms with Gasteiger partial charge in [0.15, 0.2) is 0 Å². The van der Waals surface area contributed by atoms with E-state index < -0.39 is 12.1 Å². The summed E-state index contributed by atoms with van der Waals surface area (Å²) in [6.45, 7) is 7.63. The predicted octanol–water partition coefficient (Wildman–Crippen LogP) is 4.60. The van der Waals surface area contributed by atoms with Crippen LogP contribution >= 0.6 is 15.9 Å². The zero-order valence-corrected chi connectivity index (χ0v) is 22.8. The second-order valence-corrected chi connectivity index (χ2v) is 11.8. The zero-order valence-electron chi connectivity index (χ0n) is 21.2. The van der Waals surface area contributed by atoms with Gasteiger partial charge in [-0.15, -0.1) is 0 Å². The summed E-state index contributed by atoms with van der Waals surface area (Å²) in [6.07, 6.45) is 5.02. The number of aliphatic hydroxyl groups is 1. The van der Waals surface area contributed by atoms with Gasteiger partial charge in [0.05, 0.1) is 22.8 Å². The molecule has 7 nitrogen and oxygen atoms in total. The molecular weight excluding hydrogens is 529 g/mol. The quantitative estimate of drug-likeness (QED) is 0.434. The van der Waals surface area contributed by atoms with E-state index in [9.17, 15) is 14.3 Å². The highest BCUT2D eigenvalue weighted by Gasteiger charge is 2.46. The van der Waals surface area contributed by atoms with Gasteiger partial charge in [0.2, 0.25) is 11.8 Å². The second kappa shape index (κ2) is 10.6. The monoisotopic (exact) mass is 563 g/mol. The maximum atomic E-state index is 13.7. The van der Waals surface area contributed by atoms with Crippen LogP contribution in [0.3, 0.4) is 0 Å². The third kappa shape index (κ3) is 6.55. The summed E-state index contributed by atoms with van der Waals surface area (Å²) in [7, 11) is 0. The summed E-state index contributed by atoms with van der Waals surface area (Å²) >= 11 is 3.20. The third-order valence-corrected chi connectivity index (χ3v) is 7.28. The van der Waals surface area contributed by atoms with Gasteiger partial charge in [-0.1, -0.05) is 6.07 Å². The summed E-state index contributed by atoms with van der Waals surface area (Å²) in [5.74, 6) is 0.672. The van der Waals surface area contributed by atoms with Crippen LogP contribution in [-0.2, 0) is 11.2 Å². The number of carbonyl (C=O) groups excluding carboxylic acids is 1. The van der Waals surface area contributed by atoms with Crippen LogP contribution in [0.1, 0.15) is 70.5 Å². The Morgan fingerprint density at radius 3 is 2.72 bits per heavy atom. The van der Waals surface area contributed by atoms with Crippen molar-refractivity contribution in [1.82, 2.24) is 15.6 Å². The van der Waals surface area contributed by atoms with Gasteiger partial charge in [-0.2, -0.15) is 0 Å². The van der Waals surface area contributed by atoms with Gasteiger partial charge in [-0.05, 0) is 86.1 Å². The number of amides is 1. The smallest absolute Gasteiger partial charge is 0.218 e. The lowest BCUT2D eigenvalue weighted by Gasteiger charge is -2.47. The molecule has 1 aromatic carbocycles. The van der Waals surface area contributed by atoms with E-state index in [1.165, 1.54) is 13.0 Å². The summed E-state index contributed by atoms with van der Waals surface area (Å²) in [5, 5.41) is 17.4. The number of benzene rings is 1.